The Kier molecular flexibility index (Phi) is 4.24. The van der Waals surface area contributed by atoms with Crippen molar-refractivity contribution in [3.05, 3.63) is 34.9 Å². The second-order valence-electron chi connectivity index (χ2n) is 5.47. The Morgan fingerprint density at radius 3 is 2.95 bits per heavy atom. The summed E-state index contributed by atoms with van der Waals surface area (Å²) in [6.45, 7) is 3.81. The number of rotatable bonds is 2. The molecule has 0 radical (unpaired) electrons. The van der Waals surface area contributed by atoms with E-state index in [0.29, 0.717) is 0 Å². The van der Waals surface area contributed by atoms with Crippen LogP contribution in [0, 0.1) is 0 Å². The highest BCUT2D eigenvalue weighted by Crippen LogP contribution is 2.33. The van der Waals surface area contributed by atoms with Gasteiger partial charge in [-0.2, -0.15) is 0 Å². The van der Waals surface area contributed by atoms with Crippen LogP contribution >= 0.6 is 23.4 Å². The summed E-state index contributed by atoms with van der Waals surface area (Å²) in [5.74, 6) is 1.09. The maximum Gasteiger partial charge on any atom is 0.157 e. The highest BCUT2D eigenvalue weighted by atomic mass is 35.5. The average molecular weight is 311 g/mol. The van der Waals surface area contributed by atoms with Crippen LogP contribution in [0.3, 0.4) is 0 Å². The maximum atomic E-state index is 6.04. The van der Waals surface area contributed by atoms with E-state index in [0.717, 1.165) is 47.6 Å². The van der Waals surface area contributed by atoms with Gasteiger partial charge in [-0.1, -0.05) is 35.5 Å². The number of ether oxygens (including phenoxy) is 1. The summed E-state index contributed by atoms with van der Waals surface area (Å²) in [6, 6.07) is 8.05. The molecule has 0 bridgehead atoms. The fourth-order valence-corrected chi connectivity index (χ4v) is 4.12. The molecule has 2 fully saturated rings. The highest BCUT2D eigenvalue weighted by Gasteiger charge is 2.38. The summed E-state index contributed by atoms with van der Waals surface area (Å²) in [6.07, 6.45) is 2.15. The molecule has 3 nitrogen and oxygen atoms in total. The molecule has 2 saturated heterocycles. The lowest BCUT2D eigenvalue weighted by Crippen LogP contribution is -2.48. The lowest BCUT2D eigenvalue weighted by molar-refractivity contribution is 0.0555. The third kappa shape index (κ3) is 3.13. The molecule has 3 rings (SSSR count). The van der Waals surface area contributed by atoms with E-state index >= 15 is 0 Å². The Labute approximate surface area is 129 Å². The Balaban J connectivity index is 1.70. The van der Waals surface area contributed by atoms with Gasteiger partial charge in [0.25, 0.3) is 0 Å². The Morgan fingerprint density at radius 2 is 2.20 bits per heavy atom. The second-order valence-corrected chi connectivity index (χ2v) is 6.87. The summed E-state index contributed by atoms with van der Waals surface area (Å²) in [4.78, 5) is 4.81. The van der Waals surface area contributed by atoms with Gasteiger partial charge in [-0.05, 0) is 37.5 Å². The monoisotopic (exact) mass is 310 g/mol. The Hall–Kier alpha value is -0.710. The van der Waals surface area contributed by atoms with Crippen molar-refractivity contribution >= 4 is 28.5 Å². The van der Waals surface area contributed by atoms with Crippen molar-refractivity contribution in [2.75, 3.05) is 19.0 Å². The lowest BCUT2D eigenvalue weighted by atomic mass is 9.93. The predicted octanol–water partition coefficient (Wildman–Crippen LogP) is 3.64. The van der Waals surface area contributed by atoms with Crippen molar-refractivity contribution in [3.8, 4) is 0 Å². The van der Waals surface area contributed by atoms with Crippen molar-refractivity contribution in [2.45, 2.75) is 31.3 Å². The molecule has 1 spiro atoms. The van der Waals surface area contributed by atoms with E-state index in [1.807, 2.05) is 30.0 Å². The van der Waals surface area contributed by atoms with Crippen LogP contribution in [0.5, 0.6) is 0 Å². The molecule has 0 aromatic heterocycles. The largest absolute Gasteiger partial charge is 0.381 e. The van der Waals surface area contributed by atoms with Gasteiger partial charge < -0.3 is 10.1 Å². The molecule has 1 unspecified atom stereocenters. The molecule has 20 heavy (non-hydrogen) atoms. The topological polar surface area (TPSA) is 33.6 Å². The molecule has 2 aliphatic heterocycles. The minimum atomic E-state index is 0.124. The van der Waals surface area contributed by atoms with Gasteiger partial charge >= 0.3 is 0 Å². The van der Waals surface area contributed by atoms with Gasteiger partial charge in [0.15, 0.2) is 5.17 Å². The van der Waals surface area contributed by atoms with Crippen LogP contribution in [-0.4, -0.2) is 29.7 Å². The van der Waals surface area contributed by atoms with Crippen molar-refractivity contribution in [1.82, 2.24) is 5.32 Å². The van der Waals surface area contributed by atoms with E-state index in [9.17, 15) is 0 Å². The number of aliphatic imine (C=N–C) groups is 1. The SMILES string of the molecule is CC(N=C1NC2(CCOCC2)CS1)c1cccc(Cl)c1. The molecule has 0 saturated carbocycles. The third-order valence-corrected chi connectivity index (χ3v) is 5.36. The number of thioether (sulfide) groups is 1. The van der Waals surface area contributed by atoms with E-state index in [4.69, 9.17) is 21.3 Å². The molecule has 2 aliphatic rings. The summed E-state index contributed by atoms with van der Waals surface area (Å²) in [7, 11) is 0. The molecular formula is C15H19ClN2OS. The average Bonchev–Trinajstić information content (AvgIpc) is 2.82. The summed E-state index contributed by atoms with van der Waals surface area (Å²) < 4.78 is 5.45. The highest BCUT2D eigenvalue weighted by molar-refractivity contribution is 8.14. The number of amidine groups is 1. The van der Waals surface area contributed by atoms with Crippen molar-refractivity contribution < 1.29 is 4.74 Å². The number of benzene rings is 1. The lowest BCUT2D eigenvalue weighted by Gasteiger charge is -2.32. The van der Waals surface area contributed by atoms with E-state index in [2.05, 4.69) is 18.3 Å². The Morgan fingerprint density at radius 1 is 1.40 bits per heavy atom. The molecule has 1 aromatic rings. The van der Waals surface area contributed by atoms with Crippen molar-refractivity contribution in [3.63, 3.8) is 0 Å². The molecule has 1 N–H and O–H groups in total. The van der Waals surface area contributed by atoms with Crippen molar-refractivity contribution in [2.24, 2.45) is 4.99 Å². The molecule has 1 atom stereocenters. The van der Waals surface area contributed by atoms with Crippen molar-refractivity contribution in [1.29, 1.82) is 0 Å². The van der Waals surface area contributed by atoms with Crippen LogP contribution in [0.15, 0.2) is 29.3 Å². The number of hydrogen-bond acceptors (Lipinski definition) is 3. The first-order valence-electron chi connectivity index (χ1n) is 6.99. The molecular weight excluding hydrogens is 292 g/mol. The van der Waals surface area contributed by atoms with Crippen LogP contribution in [0.25, 0.3) is 0 Å². The smallest absolute Gasteiger partial charge is 0.157 e. The van der Waals surface area contributed by atoms with Crippen LogP contribution < -0.4 is 5.32 Å². The van der Waals surface area contributed by atoms with Crippen LogP contribution in [0.2, 0.25) is 5.02 Å². The van der Waals surface area contributed by atoms with E-state index in [-0.39, 0.29) is 11.6 Å². The zero-order valence-corrected chi connectivity index (χ0v) is 13.1. The van der Waals surface area contributed by atoms with Crippen LogP contribution in [0.1, 0.15) is 31.4 Å². The number of nitrogens with zero attached hydrogens (tertiary/aromatic N) is 1. The number of halogens is 1. The zero-order chi connectivity index (χ0) is 14.0. The van der Waals surface area contributed by atoms with Crippen LogP contribution in [-0.2, 0) is 4.74 Å². The fourth-order valence-electron chi connectivity index (χ4n) is 2.62. The normalized spacial score (nSPS) is 24.8. The molecule has 108 valence electrons. The third-order valence-electron chi connectivity index (χ3n) is 3.95. The summed E-state index contributed by atoms with van der Waals surface area (Å²) in [5, 5.41) is 5.44. The van der Waals surface area contributed by atoms with Gasteiger partial charge in [0.1, 0.15) is 0 Å². The van der Waals surface area contributed by atoms with E-state index in [1.165, 1.54) is 0 Å². The second kappa shape index (κ2) is 5.96. The summed E-state index contributed by atoms with van der Waals surface area (Å²) in [5.41, 5.74) is 1.36. The molecule has 5 heteroatoms. The molecule has 0 amide bonds. The molecule has 0 aliphatic carbocycles. The van der Waals surface area contributed by atoms with Gasteiger partial charge in [0, 0.05) is 24.0 Å². The van der Waals surface area contributed by atoms with Gasteiger partial charge in [-0.3, -0.25) is 4.99 Å². The zero-order valence-electron chi connectivity index (χ0n) is 11.6. The number of nitrogens with one attached hydrogen (secondary N) is 1. The molecule has 1 aromatic carbocycles. The standard InChI is InChI=1S/C15H19ClN2OS/c1-11(12-3-2-4-13(16)9-12)17-14-18-15(10-20-14)5-7-19-8-6-15/h2-4,9,11H,5-8,10H2,1H3,(H,17,18). The van der Waals surface area contributed by atoms with Crippen LogP contribution in [0.4, 0.5) is 0 Å². The van der Waals surface area contributed by atoms with E-state index in [1.54, 1.807) is 0 Å². The Bertz CT molecular complexity index is 514. The first kappa shape index (κ1) is 14.2. The fraction of sp³-hybridized carbons (Fsp3) is 0.533. The first-order valence-corrected chi connectivity index (χ1v) is 8.35. The minimum absolute atomic E-state index is 0.124. The van der Waals surface area contributed by atoms with E-state index < -0.39 is 0 Å². The summed E-state index contributed by atoms with van der Waals surface area (Å²) >= 11 is 7.86. The minimum Gasteiger partial charge on any atom is -0.381 e. The number of hydrogen-bond donors (Lipinski definition) is 1. The van der Waals surface area contributed by atoms with Gasteiger partial charge in [-0.15, -0.1) is 0 Å². The molecule has 2 heterocycles. The van der Waals surface area contributed by atoms with Gasteiger partial charge in [-0.25, -0.2) is 0 Å². The van der Waals surface area contributed by atoms with Gasteiger partial charge in [0.05, 0.1) is 11.6 Å². The quantitative estimate of drug-likeness (QED) is 0.905. The first-order chi connectivity index (χ1) is 9.67. The maximum absolute atomic E-state index is 6.04. The van der Waals surface area contributed by atoms with Gasteiger partial charge in [0.2, 0.25) is 0 Å². The predicted molar refractivity (Wildman–Crippen MR) is 85.7 cm³/mol.